The van der Waals surface area contributed by atoms with Crippen molar-refractivity contribution in [1.29, 1.82) is 0 Å². The summed E-state index contributed by atoms with van der Waals surface area (Å²) in [4.78, 5) is 10.4. The van der Waals surface area contributed by atoms with E-state index < -0.39 is 0 Å². The Morgan fingerprint density at radius 1 is 1.47 bits per heavy atom. The number of nitrogens with one attached hydrogen (secondary N) is 1. The second-order valence-electron chi connectivity index (χ2n) is 3.75. The van der Waals surface area contributed by atoms with Crippen molar-refractivity contribution < 1.29 is 0 Å². The molecule has 0 saturated carbocycles. The van der Waals surface area contributed by atoms with E-state index in [0.29, 0.717) is 18.1 Å². The highest BCUT2D eigenvalue weighted by Crippen LogP contribution is 2.22. The molecule has 4 nitrogen and oxygen atoms in total. The highest BCUT2D eigenvalue weighted by atomic mass is 35.5. The number of nitrogens with two attached hydrogens (primary N) is 1. The van der Waals surface area contributed by atoms with Gasteiger partial charge >= 0.3 is 0 Å². The number of aryl methyl sites for hydroxylation is 2. The van der Waals surface area contributed by atoms with E-state index in [9.17, 15) is 0 Å². The predicted molar refractivity (Wildman–Crippen MR) is 72.6 cm³/mol. The van der Waals surface area contributed by atoms with Crippen molar-refractivity contribution >= 4 is 34.4 Å². The lowest BCUT2D eigenvalue weighted by molar-refractivity contribution is 1.10. The summed E-state index contributed by atoms with van der Waals surface area (Å²) in [6, 6.07) is 2.16. The van der Waals surface area contributed by atoms with Gasteiger partial charge in [0.2, 0.25) is 5.28 Å². The molecule has 90 valence electrons. The Kier molecular flexibility index (Phi) is 3.49. The third-order valence-corrected chi connectivity index (χ3v) is 3.77. The van der Waals surface area contributed by atoms with Crippen molar-refractivity contribution in [3.63, 3.8) is 0 Å². The van der Waals surface area contributed by atoms with Gasteiger partial charge in [-0.3, -0.25) is 0 Å². The average Bonchev–Trinajstić information content (AvgIpc) is 2.60. The highest BCUT2D eigenvalue weighted by molar-refractivity contribution is 7.12. The normalized spacial score (nSPS) is 10.5. The van der Waals surface area contributed by atoms with E-state index in [1.165, 1.54) is 21.5 Å². The zero-order chi connectivity index (χ0) is 12.4. The molecule has 0 aliphatic heterocycles. The molecule has 17 heavy (non-hydrogen) atoms. The minimum Gasteiger partial charge on any atom is -0.394 e. The van der Waals surface area contributed by atoms with Crippen LogP contribution in [0, 0.1) is 13.8 Å². The maximum Gasteiger partial charge on any atom is 0.224 e. The molecule has 2 aromatic rings. The third-order valence-electron chi connectivity index (χ3n) is 2.43. The first-order valence-corrected chi connectivity index (χ1v) is 6.33. The molecule has 0 fully saturated rings. The SMILES string of the molecule is Cc1cc(CNc2nc(Cl)ncc2N)sc1C. The summed E-state index contributed by atoms with van der Waals surface area (Å²) in [6.45, 7) is 4.90. The molecule has 0 aliphatic rings. The van der Waals surface area contributed by atoms with Gasteiger partial charge in [0.15, 0.2) is 5.82 Å². The lowest BCUT2D eigenvalue weighted by Gasteiger charge is -2.06. The molecule has 0 radical (unpaired) electrons. The lowest BCUT2D eigenvalue weighted by atomic mass is 10.3. The van der Waals surface area contributed by atoms with Crippen molar-refractivity contribution in [3.05, 3.63) is 32.9 Å². The summed E-state index contributed by atoms with van der Waals surface area (Å²) in [6.07, 6.45) is 1.50. The van der Waals surface area contributed by atoms with Gasteiger partial charge in [0.25, 0.3) is 0 Å². The Hall–Kier alpha value is -1.33. The van der Waals surface area contributed by atoms with E-state index in [1.807, 2.05) is 0 Å². The zero-order valence-corrected chi connectivity index (χ0v) is 11.2. The average molecular weight is 269 g/mol. The van der Waals surface area contributed by atoms with Gasteiger partial charge in [-0.15, -0.1) is 11.3 Å². The number of halogens is 1. The van der Waals surface area contributed by atoms with Crippen LogP contribution in [-0.4, -0.2) is 9.97 Å². The van der Waals surface area contributed by atoms with Gasteiger partial charge in [-0.25, -0.2) is 4.98 Å². The van der Waals surface area contributed by atoms with Crippen molar-refractivity contribution in [1.82, 2.24) is 9.97 Å². The Morgan fingerprint density at radius 2 is 2.24 bits per heavy atom. The van der Waals surface area contributed by atoms with Crippen LogP contribution >= 0.6 is 22.9 Å². The number of hydrogen-bond donors (Lipinski definition) is 2. The van der Waals surface area contributed by atoms with Crippen molar-refractivity contribution in [2.45, 2.75) is 20.4 Å². The quantitative estimate of drug-likeness (QED) is 0.840. The van der Waals surface area contributed by atoms with E-state index in [4.69, 9.17) is 17.3 Å². The summed E-state index contributed by atoms with van der Waals surface area (Å²) in [5.74, 6) is 0.578. The van der Waals surface area contributed by atoms with Gasteiger partial charge in [0.05, 0.1) is 18.4 Å². The molecule has 0 spiro atoms. The van der Waals surface area contributed by atoms with E-state index in [1.54, 1.807) is 11.3 Å². The molecule has 2 rings (SSSR count). The van der Waals surface area contributed by atoms with Gasteiger partial charge in [0, 0.05) is 9.75 Å². The molecule has 0 saturated heterocycles. The standard InChI is InChI=1S/C11H13ClN4S/c1-6-3-8(17-7(6)2)4-14-10-9(13)5-15-11(12)16-10/h3,5H,4,13H2,1-2H3,(H,14,15,16). The Balaban J connectivity index is 2.09. The second-order valence-corrected chi connectivity index (χ2v) is 5.43. The first-order chi connectivity index (χ1) is 8.06. The fraction of sp³-hybridized carbons (Fsp3) is 0.273. The molecule has 0 amide bonds. The number of aromatic nitrogens is 2. The van der Waals surface area contributed by atoms with E-state index >= 15 is 0 Å². The molecule has 2 aromatic heterocycles. The molecule has 0 aromatic carbocycles. The lowest BCUT2D eigenvalue weighted by Crippen LogP contribution is -2.04. The zero-order valence-electron chi connectivity index (χ0n) is 9.62. The first kappa shape index (κ1) is 12.1. The Morgan fingerprint density at radius 3 is 2.88 bits per heavy atom. The molecule has 0 bridgehead atoms. The fourth-order valence-electron chi connectivity index (χ4n) is 1.42. The third kappa shape index (κ3) is 2.87. The fourth-order valence-corrected chi connectivity index (χ4v) is 2.55. The summed E-state index contributed by atoms with van der Waals surface area (Å²) in [5.41, 5.74) is 7.55. The minimum atomic E-state index is 0.195. The van der Waals surface area contributed by atoms with E-state index in [-0.39, 0.29) is 5.28 Å². The molecule has 0 atom stereocenters. The summed E-state index contributed by atoms with van der Waals surface area (Å²) >= 11 is 7.48. The van der Waals surface area contributed by atoms with Crippen LogP contribution in [0.15, 0.2) is 12.3 Å². The van der Waals surface area contributed by atoms with Gasteiger partial charge in [-0.05, 0) is 37.1 Å². The smallest absolute Gasteiger partial charge is 0.224 e. The van der Waals surface area contributed by atoms with Gasteiger partial charge < -0.3 is 11.1 Å². The monoisotopic (exact) mass is 268 g/mol. The highest BCUT2D eigenvalue weighted by Gasteiger charge is 2.05. The van der Waals surface area contributed by atoms with Crippen LogP contribution in [0.1, 0.15) is 15.3 Å². The maximum atomic E-state index is 5.75. The molecule has 2 heterocycles. The summed E-state index contributed by atoms with van der Waals surface area (Å²) < 4.78 is 0. The summed E-state index contributed by atoms with van der Waals surface area (Å²) in [7, 11) is 0. The molecule has 0 aliphatic carbocycles. The summed E-state index contributed by atoms with van der Waals surface area (Å²) in [5, 5.41) is 3.36. The molecule has 0 unspecified atom stereocenters. The van der Waals surface area contributed by atoms with Crippen LogP contribution in [-0.2, 0) is 6.54 Å². The first-order valence-electron chi connectivity index (χ1n) is 5.14. The van der Waals surface area contributed by atoms with Crippen LogP contribution in [0.2, 0.25) is 5.28 Å². The molecular weight excluding hydrogens is 256 g/mol. The van der Waals surface area contributed by atoms with Gasteiger partial charge in [-0.2, -0.15) is 4.98 Å². The van der Waals surface area contributed by atoms with Crippen LogP contribution in [0.5, 0.6) is 0 Å². The predicted octanol–water partition coefficient (Wildman–Crippen LogP) is 3.00. The van der Waals surface area contributed by atoms with Crippen LogP contribution < -0.4 is 11.1 Å². The van der Waals surface area contributed by atoms with Crippen LogP contribution in [0.25, 0.3) is 0 Å². The molecule has 6 heteroatoms. The minimum absolute atomic E-state index is 0.195. The topological polar surface area (TPSA) is 63.8 Å². The number of anilines is 2. The van der Waals surface area contributed by atoms with Crippen LogP contribution in [0.4, 0.5) is 11.5 Å². The van der Waals surface area contributed by atoms with Gasteiger partial charge in [-0.1, -0.05) is 0 Å². The largest absolute Gasteiger partial charge is 0.394 e. The second kappa shape index (κ2) is 4.89. The number of nitrogens with zero attached hydrogens (tertiary/aromatic N) is 2. The van der Waals surface area contributed by atoms with Crippen LogP contribution in [0.3, 0.4) is 0 Å². The maximum absolute atomic E-state index is 5.75. The number of nitrogen functional groups attached to an aromatic ring is 1. The number of thiophene rings is 1. The molecule has 3 N–H and O–H groups in total. The number of rotatable bonds is 3. The van der Waals surface area contributed by atoms with Crippen molar-refractivity contribution in [2.24, 2.45) is 0 Å². The Labute approximate surface area is 109 Å². The Bertz CT molecular complexity index is 519. The van der Waals surface area contributed by atoms with E-state index in [2.05, 4.69) is 35.2 Å². The van der Waals surface area contributed by atoms with E-state index in [0.717, 1.165) is 0 Å². The van der Waals surface area contributed by atoms with Gasteiger partial charge in [0.1, 0.15) is 0 Å². The molecular formula is C11H13ClN4S. The van der Waals surface area contributed by atoms with Crippen molar-refractivity contribution in [3.8, 4) is 0 Å². The number of hydrogen-bond acceptors (Lipinski definition) is 5. The van der Waals surface area contributed by atoms with Crippen molar-refractivity contribution in [2.75, 3.05) is 11.1 Å².